The van der Waals surface area contributed by atoms with E-state index in [1.54, 1.807) is 24.3 Å². The topological polar surface area (TPSA) is 90.6 Å². The average molecular weight is 421 g/mol. The lowest BCUT2D eigenvalue weighted by Gasteiger charge is -2.19. The van der Waals surface area contributed by atoms with Crippen molar-refractivity contribution in [3.63, 3.8) is 0 Å². The molecule has 2 aromatic rings. The Bertz CT molecular complexity index is 946. The number of anilines is 1. The summed E-state index contributed by atoms with van der Waals surface area (Å²) in [7, 11) is 1.32. The van der Waals surface area contributed by atoms with E-state index >= 15 is 0 Å². The first-order valence-electron chi connectivity index (χ1n) is 10.4. The van der Waals surface area contributed by atoms with Crippen LogP contribution in [0.15, 0.2) is 72.6 Å². The third kappa shape index (κ3) is 7.03. The summed E-state index contributed by atoms with van der Waals surface area (Å²) in [6, 6.07) is 14.4. The van der Waals surface area contributed by atoms with Gasteiger partial charge >= 0.3 is 5.97 Å². The zero-order chi connectivity index (χ0) is 22.1. The summed E-state index contributed by atoms with van der Waals surface area (Å²) in [6.07, 6.45) is 10.3. The first-order valence-corrected chi connectivity index (χ1v) is 10.4. The molecule has 1 aliphatic rings. The Morgan fingerprint density at radius 2 is 1.87 bits per heavy atom. The van der Waals surface area contributed by atoms with Gasteiger partial charge in [-0.2, -0.15) is 0 Å². The molecule has 31 heavy (non-hydrogen) atoms. The highest BCUT2D eigenvalue weighted by atomic mass is 16.5. The van der Waals surface area contributed by atoms with Gasteiger partial charge in [-0.15, -0.1) is 0 Å². The van der Waals surface area contributed by atoms with Gasteiger partial charge in [0.25, 0.3) is 5.91 Å². The lowest BCUT2D eigenvalue weighted by molar-refractivity contribution is -0.112. The van der Waals surface area contributed by atoms with Crippen molar-refractivity contribution >= 4 is 17.6 Å². The van der Waals surface area contributed by atoms with Crippen molar-refractivity contribution in [1.29, 1.82) is 0 Å². The number of amides is 1. The van der Waals surface area contributed by atoms with Gasteiger partial charge in [0.2, 0.25) is 0 Å². The summed E-state index contributed by atoms with van der Waals surface area (Å²) in [6.45, 7) is 0. The minimum Gasteiger partial charge on any atom is -0.465 e. The number of aryl methyl sites for hydroxylation is 1. The highest BCUT2D eigenvalue weighted by molar-refractivity contribution is 5.99. The van der Waals surface area contributed by atoms with E-state index < -0.39 is 5.97 Å². The van der Waals surface area contributed by atoms with Crippen LogP contribution in [-0.2, 0) is 16.0 Å². The molecule has 0 aromatic heterocycles. The number of methoxy groups -OCH3 is 1. The minimum absolute atomic E-state index is 0.329. The summed E-state index contributed by atoms with van der Waals surface area (Å²) in [5.41, 5.74) is 9.13. The molecular formula is C25H28N2O4. The lowest BCUT2D eigenvalue weighted by Crippen LogP contribution is -2.10. The van der Waals surface area contributed by atoms with E-state index in [-0.39, 0.29) is 5.91 Å². The average Bonchev–Trinajstić information content (AvgIpc) is 2.79. The Hall–Kier alpha value is -3.54. The maximum atomic E-state index is 12.0. The normalized spacial score (nSPS) is 15.9. The van der Waals surface area contributed by atoms with Gasteiger partial charge in [0.1, 0.15) is 5.75 Å². The van der Waals surface area contributed by atoms with Crippen molar-refractivity contribution in [3.05, 3.63) is 83.8 Å². The van der Waals surface area contributed by atoms with E-state index in [0.717, 1.165) is 31.4 Å². The zero-order valence-electron chi connectivity index (χ0n) is 17.7. The Kier molecular flexibility index (Phi) is 7.87. The second-order valence-electron chi connectivity index (χ2n) is 7.58. The van der Waals surface area contributed by atoms with Crippen molar-refractivity contribution in [2.45, 2.75) is 32.1 Å². The number of rotatable bonds is 8. The van der Waals surface area contributed by atoms with Crippen LogP contribution in [0.2, 0.25) is 0 Å². The molecular weight excluding hydrogens is 392 g/mol. The number of allylic oxidation sites excluding steroid dienone is 2. The summed E-state index contributed by atoms with van der Waals surface area (Å²) in [5, 5.41) is 2.70. The van der Waals surface area contributed by atoms with Crippen molar-refractivity contribution < 1.29 is 19.1 Å². The molecule has 2 aromatic carbocycles. The molecule has 0 heterocycles. The van der Waals surface area contributed by atoms with Crippen molar-refractivity contribution in [1.82, 2.24) is 0 Å². The minimum atomic E-state index is -0.423. The highest BCUT2D eigenvalue weighted by Crippen LogP contribution is 2.25. The first-order chi connectivity index (χ1) is 15.0. The quantitative estimate of drug-likeness (QED) is 0.371. The first kappa shape index (κ1) is 22.2. The van der Waals surface area contributed by atoms with E-state index in [0.29, 0.717) is 22.9 Å². The van der Waals surface area contributed by atoms with Crippen LogP contribution in [0, 0.1) is 5.92 Å². The van der Waals surface area contributed by atoms with Gasteiger partial charge in [-0.3, -0.25) is 4.79 Å². The number of carbonyl (C=O) groups excluding carboxylic acids is 2. The fraction of sp³-hybridized carbons (Fsp3) is 0.280. The number of ether oxygens (including phenoxy) is 2. The van der Waals surface area contributed by atoms with Crippen LogP contribution >= 0.6 is 0 Å². The van der Waals surface area contributed by atoms with Crippen LogP contribution in [0.3, 0.4) is 0 Å². The van der Waals surface area contributed by atoms with Gasteiger partial charge in [-0.1, -0.05) is 18.2 Å². The van der Waals surface area contributed by atoms with Gasteiger partial charge < -0.3 is 20.5 Å². The second kappa shape index (κ2) is 11.0. The predicted octanol–water partition coefficient (Wildman–Crippen LogP) is 4.58. The van der Waals surface area contributed by atoms with Crippen LogP contribution in [0.25, 0.3) is 0 Å². The molecule has 3 rings (SSSR count). The smallest absolute Gasteiger partial charge is 0.337 e. The van der Waals surface area contributed by atoms with Gasteiger partial charge in [-0.05, 0) is 80.0 Å². The molecule has 1 aliphatic carbocycles. The lowest BCUT2D eigenvalue weighted by atomic mass is 9.88. The fourth-order valence-corrected chi connectivity index (χ4v) is 3.44. The van der Waals surface area contributed by atoms with Crippen LogP contribution in [0.4, 0.5) is 5.69 Å². The maximum Gasteiger partial charge on any atom is 0.337 e. The molecule has 6 heteroatoms. The molecule has 162 valence electrons. The van der Waals surface area contributed by atoms with Gasteiger partial charge in [0.05, 0.1) is 18.9 Å². The number of hydrogen-bond acceptors (Lipinski definition) is 5. The van der Waals surface area contributed by atoms with Crippen LogP contribution in [0.5, 0.6) is 5.75 Å². The molecule has 0 spiro atoms. The van der Waals surface area contributed by atoms with Crippen molar-refractivity contribution in [2.24, 2.45) is 11.7 Å². The monoisotopic (exact) mass is 420 g/mol. The molecule has 0 radical (unpaired) electrons. The number of benzene rings is 2. The van der Waals surface area contributed by atoms with Crippen LogP contribution < -0.4 is 15.8 Å². The summed E-state index contributed by atoms with van der Waals surface area (Å²) in [4.78, 5) is 23.4. The molecule has 0 aliphatic heterocycles. The number of esters is 1. The molecule has 1 amide bonds. The molecule has 1 atom stereocenters. The second-order valence-corrected chi connectivity index (χ2v) is 7.58. The van der Waals surface area contributed by atoms with Gasteiger partial charge in [-0.25, -0.2) is 4.79 Å². The Balaban J connectivity index is 1.41. The van der Waals surface area contributed by atoms with Crippen LogP contribution in [0.1, 0.15) is 41.6 Å². The summed E-state index contributed by atoms with van der Waals surface area (Å²) < 4.78 is 10.2. The third-order valence-electron chi connectivity index (χ3n) is 5.32. The molecule has 0 fully saturated rings. The highest BCUT2D eigenvalue weighted by Gasteiger charge is 2.12. The molecule has 6 nitrogen and oxygen atoms in total. The van der Waals surface area contributed by atoms with Gasteiger partial charge in [0.15, 0.2) is 0 Å². The largest absolute Gasteiger partial charge is 0.465 e. The fourth-order valence-electron chi connectivity index (χ4n) is 3.44. The Morgan fingerprint density at radius 3 is 2.52 bits per heavy atom. The number of carbonyl (C=O) groups is 2. The molecule has 0 saturated heterocycles. The maximum absolute atomic E-state index is 12.0. The van der Waals surface area contributed by atoms with Crippen LogP contribution in [-0.4, -0.2) is 19.0 Å². The van der Waals surface area contributed by atoms with E-state index in [1.807, 2.05) is 12.1 Å². The summed E-state index contributed by atoms with van der Waals surface area (Å²) in [5.74, 6) is 0.628. The molecule has 0 saturated carbocycles. The van der Waals surface area contributed by atoms with E-state index in [1.165, 1.54) is 31.4 Å². The molecule has 3 N–H and O–H groups in total. The number of hydrogen-bond donors (Lipinski definition) is 2. The standard InChI is InChI=1S/C25H28N2O4/c1-30-25(29)20-8-12-22(13-9-20)27-24(28)16-17-31-23-14-6-19(7-15-23)3-2-18-4-10-21(26)11-5-18/h6-10,12-18H,2-5,11,26H2,1H3,(H,27,28)/b17-16+. The number of nitrogens with one attached hydrogen (secondary N) is 1. The Labute approximate surface area is 182 Å². The third-order valence-corrected chi connectivity index (χ3v) is 5.32. The molecule has 1 unspecified atom stereocenters. The van der Waals surface area contributed by atoms with Crippen molar-refractivity contribution in [3.8, 4) is 5.75 Å². The summed E-state index contributed by atoms with van der Waals surface area (Å²) >= 11 is 0. The SMILES string of the molecule is COC(=O)c1ccc(NC(=O)/C=C/Oc2ccc(CCC3CC=C(N)CC3)cc2)cc1. The number of nitrogens with two attached hydrogens (primary N) is 1. The zero-order valence-corrected chi connectivity index (χ0v) is 17.7. The van der Waals surface area contributed by atoms with E-state index in [4.69, 9.17) is 10.5 Å². The molecule has 0 bridgehead atoms. The van der Waals surface area contributed by atoms with Gasteiger partial charge in [0, 0.05) is 17.5 Å². The predicted molar refractivity (Wildman–Crippen MR) is 121 cm³/mol. The van der Waals surface area contributed by atoms with Crippen molar-refractivity contribution in [2.75, 3.05) is 12.4 Å². The van der Waals surface area contributed by atoms with E-state index in [2.05, 4.69) is 28.3 Å². The Morgan fingerprint density at radius 1 is 1.13 bits per heavy atom. The van der Waals surface area contributed by atoms with E-state index in [9.17, 15) is 9.59 Å².